The van der Waals surface area contributed by atoms with Crippen molar-refractivity contribution in [1.82, 2.24) is 19.6 Å². The van der Waals surface area contributed by atoms with Crippen LogP contribution in [0.25, 0.3) is 0 Å². The van der Waals surface area contributed by atoms with E-state index in [4.69, 9.17) is 11.6 Å². The number of hydrogen-bond donors (Lipinski definition) is 1. The average molecular weight is 380 g/mol. The zero-order chi connectivity index (χ0) is 18.7. The van der Waals surface area contributed by atoms with Crippen LogP contribution in [0.15, 0.2) is 42.7 Å². The summed E-state index contributed by atoms with van der Waals surface area (Å²) in [5, 5.41) is 11.4. The lowest BCUT2D eigenvalue weighted by Gasteiger charge is -2.06. The molecule has 0 atom stereocenters. The van der Waals surface area contributed by atoms with Crippen LogP contribution in [-0.2, 0) is 17.9 Å². The third-order valence-electron chi connectivity index (χ3n) is 3.63. The first-order valence-electron chi connectivity index (χ1n) is 7.80. The molecule has 0 aliphatic rings. The van der Waals surface area contributed by atoms with Crippen molar-refractivity contribution in [3.05, 3.63) is 64.7 Å². The molecular weight excluding hydrogens is 364 g/mol. The van der Waals surface area contributed by atoms with Gasteiger partial charge in [0.2, 0.25) is 5.91 Å². The van der Waals surface area contributed by atoms with Crippen LogP contribution in [0, 0.1) is 6.92 Å². The zero-order valence-electron chi connectivity index (χ0n) is 13.9. The van der Waals surface area contributed by atoms with Gasteiger partial charge in [0, 0.05) is 11.2 Å². The number of aryl methyl sites for hydroxylation is 1. The van der Waals surface area contributed by atoms with Gasteiger partial charge in [0.05, 0.1) is 24.1 Å². The second-order valence-corrected chi connectivity index (χ2v) is 6.21. The molecule has 0 fully saturated rings. The number of nitrogens with one attached hydrogen (secondary N) is 1. The van der Waals surface area contributed by atoms with E-state index in [-0.39, 0.29) is 12.2 Å². The fraction of sp³-hybridized carbons (Fsp3) is 0.235. The Hall–Kier alpha value is -2.74. The van der Waals surface area contributed by atoms with Crippen LogP contribution >= 0.6 is 11.6 Å². The molecule has 136 valence electrons. The number of anilines is 1. The van der Waals surface area contributed by atoms with E-state index < -0.39 is 12.3 Å². The van der Waals surface area contributed by atoms with Gasteiger partial charge in [0.15, 0.2) is 0 Å². The van der Waals surface area contributed by atoms with Crippen LogP contribution in [-0.4, -0.2) is 25.5 Å². The highest BCUT2D eigenvalue weighted by atomic mass is 35.5. The minimum Gasteiger partial charge on any atom is -0.322 e. The summed E-state index contributed by atoms with van der Waals surface area (Å²) < 4.78 is 28.5. The Kier molecular flexibility index (Phi) is 5.32. The standard InChI is InChI=1S/C17H16ClF2N5O/c1-11-6-15(17(19)20)25(23-11)10-16(26)22-14-7-21-24(9-14)8-12-2-4-13(18)5-3-12/h2-7,9,17H,8,10H2,1H3,(H,22,26). The first-order valence-corrected chi connectivity index (χ1v) is 8.18. The van der Waals surface area contributed by atoms with Crippen LogP contribution in [0.2, 0.25) is 5.02 Å². The number of carbonyl (C=O) groups excluding carboxylic acids is 1. The van der Waals surface area contributed by atoms with Crippen LogP contribution in [0.1, 0.15) is 23.4 Å². The van der Waals surface area contributed by atoms with Crippen molar-refractivity contribution in [3.63, 3.8) is 0 Å². The Morgan fingerprint density at radius 2 is 2.04 bits per heavy atom. The largest absolute Gasteiger partial charge is 0.322 e. The van der Waals surface area contributed by atoms with Crippen LogP contribution in [0.3, 0.4) is 0 Å². The van der Waals surface area contributed by atoms with Crippen molar-refractivity contribution >= 4 is 23.2 Å². The average Bonchev–Trinajstić information content (AvgIpc) is 3.16. The molecule has 2 heterocycles. The molecule has 0 bridgehead atoms. The second kappa shape index (κ2) is 7.65. The van der Waals surface area contributed by atoms with Gasteiger partial charge in [-0.15, -0.1) is 0 Å². The number of amides is 1. The van der Waals surface area contributed by atoms with E-state index in [9.17, 15) is 13.6 Å². The van der Waals surface area contributed by atoms with Crippen LogP contribution in [0.5, 0.6) is 0 Å². The van der Waals surface area contributed by atoms with Gasteiger partial charge < -0.3 is 5.32 Å². The molecule has 0 radical (unpaired) electrons. The molecule has 3 rings (SSSR count). The van der Waals surface area contributed by atoms with E-state index >= 15 is 0 Å². The van der Waals surface area contributed by atoms with E-state index in [1.165, 1.54) is 12.3 Å². The van der Waals surface area contributed by atoms with Gasteiger partial charge >= 0.3 is 0 Å². The Balaban J connectivity index is 1.62. The molecule has 0 saturated heterocycles. The predicted molar refractivity (Wildman–Crippen MR) is 93.3 cm³/mol. The summed E-state index contributed by atoms with van der Waals surface area (Å²) in [6, 6.07) is 8.61. The van der Waals surface area contributed by atoms with Gasteiger partial charge in [-0.2, -0.15) is 10.2 Å². The maximum absolute atomic E-state index is 12.9. The van der Waals surface area contributed by atoms with Gasteiger partial charge in [0.25, 0.3) is 6.43 Å². The first-order chi connectivity index (χ1) is 12.4. The lowest BCUT2D eigenvalue weighted by atomic mass is 10.2. The molecule has 0 aliphatic heterocycles. The molecule has 2 aromatic heterocycles. The van der Waals surface area contributed by atoms with Gasteiger partial charge in [-0.3, -0.25) is 14.2 Å². The number of nitrogens with zero attached hydrogens (tertiary/aromatic N) is 4. The molecule has 3 aromatic rings. The number of hydrogen-bond acceptors (Lipinski definition) is 3. The molecule has 0 saturated carbocycles. The number of rotatable bonds is 6. The molecule has 0 aliphatic carbocycles. The van der Waals surface area contributed by atoms with Crippen molar-refractivity contribution in [2.45, 2.75) is 26.4 Å². The maximum Gasteiger partial charge on any atom is 0.280 e. The summed E-state index contributed by atoms with van der Waals surface area (Å²) in [6.45, 7) is 1.82. The SMILES string of the molecule is Cc1cc(C(F)F)n(CC(=O)Nc2cnn(Cc3ccc(Cl)cc3)c2)n1. The second-order valence-electron chi connectivity index (χ2n) is 5.77. The highest BCUT2D eigenvalue weighted by Crippen LogP contribution is 2.19. The van der Waals surface area contributed by atoms with E-state index in [2.05, 4.69) is 15.5 Å². The molecule has 0 unspecified atom stereocenters. The van der Waals surface area contributed by atoms with E-state index in [1.807, 2.05) is 12.1 Å². The molecule has 1 N–H and O–H groups in total. The summed E-state index contributed by atoms with van der Waals surface area (Å²) in [4.78, 5) is 12.1. The fourth-order valence-electron chi connectivity index (χ4n) is 2.50. The van der Waals surface area contributed by atoms with Crippen LogP contribution in [0.4, 0.5) is 14.5 Å². The Morgan fingerprint density at radius 3 is 2.73 bits per heavy atom. The summed E-state index contributed by atoms with van der Waals surface area (Å²) >= 11 is 5.85. The first kappa shape index (κ1) is 18.1. The zero-order valence-corrected chi connectivity index (χ0v) is 14.6. The van der Waals surface area contributed by atoms with Gasteiger partial charge in [-0.05, 0) is 30.7 Å². The van der Waals surface area contributed by atoms with Crippen LogP contribution < -0.4 is 5.32 Å². The minimum absolute atomic E-state index is 0.281. The van der Waals surface area contributed by atoms with E-state index in [0.717, 1.165) is 10.2 Å². The molecule has 9 heteroatoms. The van der Waals surface area contributed by atoms with E-state index in [1.54, 1.807) is 29.9 Å². The molecule has 0 spiro atoms. The molecule has 26 heavy (non-hydrogen) atoms. The van der Waals surface area contributed by atoms with Crippen molar-refractivity contribution in [1.29, 1.82) is 0 Å². The highest BCUT2D eigenvalue weighted by Gasteiger charge is 2.17. The maximum atomic E-state index is 12.9. The molecular formula is C17H16ClF2N5O. The summed E-state index contributed by atoms with van der Waals surface area (Å²) in [5.41, 5.74) is 1.63. The lowest BCUT2D eigenvalue weighted by Crippen LogP contribution is -2.21. The monoisotopic (exact) mass is 379 g/mol. The number of aromatic nitrogens is 4. The van der Waals surface area contributed by atoms with Crippen molar-refractivity contribution in [2.75, 3.05) is 5.32 Å². The fourth-order valence-corrected chi connectivity index (χ4v) is 2.62. The molecule has 1 amide bonds. The highest BCUT2D eigenvalue weighted by molar-refractivity contribution is 6.30. The quantitative estimate of drug-likeness (QED) is 0.710. The minimum atomic E-state index is -2.69. The molecule has 1 aromatic carbocycles. The predicted octanol–water partition coefficient (Wildman–Crippen LogP) is 3.67. The number of benzene rings is 1. The summed E-state index contributed by atoms with van der Waals surface area (Å²) in [6.07, 6.45) is 0.469. The lowest BCUT2D eigenvalue weighted by molar-refractivity contribution is -0.117. The Morgan fingerprint density at radius 1 is 1.31 bits per heavy atom. The summed E-state index contributed by atoms with van der Waals surface area (Å²) in [7, 11) is 0. The van der Waals surface area contributed by atoms with Crippen molar-refractivity contribution in [2.24, 2.45) is 0 Å². The van der Waals surface area contributed by atoms with Gasteiger partial charge in [0.1, 0.15) is 12.2 Å². The number of alkyl halides is 2. The van der Waals surface area contributed by atoms with Crippen molar-refractivity contribution in [3.8, 4) is 0 Å². The van der Waals surface area contributed by atoms with Gasteiger partial charge in [-0.25, -0.2) is 8.78 Å². The summed E-state index contributed by atoms with van der Waals surface area (Å²) in [5.74, 6) is -0.457. The Bertz CT molecular complexity index is 904. The van der Waals surface area contributed by atoms with Crippen molar-refractivity contribution < 1.29 is 13.6 Å². The third kappa shape index (κ3) is 4.45. The molecule has 6 nitrogen and oxygen atoms in total. The number of carbonyl (C=O) groups is 1. The third-order valence-corrected chi connectivity index (χ3v) is 3.88. The number of halogens is 3. The Labute approximate surface area is 153 Å². The topological polar surface area (TPSA) is 64.7 Å². The normalized spacial score (nSPS) is 11.1. The van der Waals surface area contributed by atoms with E-state index in [0.29, 0.717) is 22.9 Å². The smallest absolute Gasteiger partial charge is 0.280 e. The van der Waals surface area contributed by atoms with Gasteiger partial charge in [-0.1, -0.05) is 23.7 Å².